The molecular formula is C23H41N5O2. The molecule has 0 unspecified atom stereocenters. The molecule has 0 atom stereocenters. The number of aliphatic imine (C=N–C) groups is 1. The maximum atomic E-state index is 5.95. The number of benzene rings is 1. The molecule has 0 aliphatic carbocycles. The van der Waals surface area contributed by atoms with Crippen LogP contribution in [0, 0.1) is 6.92 Å². The third kappa shape index (κ3) is 9.32. The van der Waals surface area contributed by atoms with Crippen molar-refractivity contribution in [2.75, 3.05) is 72.7 Å². The Kier molecular flexibility index (Phi) is 11.6. The minimum absolute atomic E-state index is 0.553. The van der Waals surface area contributed by atoms with Crippen molar-refractivity contribution in [2.24, 2.45) is 4.99 Å². The Morgan fingerprint density at radius 3 is 2.77 bits per heavy atom. The first-order valence-electron chi connectivity index (χ1n) is 11.4. The number of guanidine groups is 1. The van der Waals surface area contributed by atoms with Crippen molar-refractivity contribution < 1.29 is 9.47 Å². The minimum atomic E-state index is 0.553. The lowest BCUT2D eigenvalue weighted by atomic mass is 10.1. The summed E-state index contributed by atoms with van der Waals surface area (Å²) in [6.07, 6.45) is 1.24. The van der Waals surface area contributed by atoms with Crippen LogP contribution in [0.2, 0.25) is 0 Å². The number of rotatable bonds is 11. The van der Waals surface area contributed by atoms with Gasteiger partial charge in [-0.15, -0.1) is 0 Å². The number of hydrogen-bond acceptors (Lipinski definition) is 5. The fourth-order valence-corrected chi connectivity index (χ4v) is 3.44. The van der Waals surface area contributed by atoms with E-state index in [0.29, 0.717) is 26.4 Å². The lowest BCUT2D eigenvalue weighted by Gasteiger charge is -2.21. The van der Waals surface area contributed by atoms with Crippen LogP contribution in [-0.2, 0) is 11.3 Å². The number of aryl methyl sites for hydroxylation is 1. The zero-order valence-corrected chi connectivity index (χ0v) is 19.4. The summed E-state index contributed by atoms with van der Waals surface area (Å²) in [6, 6.07) is 6.29. The molecule has 0 saturated carbocycles. The van der Waals surface area contributed by atoms with E-state index in [1.807, 2.05) is 6.92 Å². The molecule has 0 radical (unpaired) electrons. The summed E-state index contributed by atoms with van der Waals surface area (Å²) in [5, 5.41) is 6.84. The van der Waals surface area contributed by atoms with Crippen LogP contribution in [0.15, 0.2) is 23.2 Å². The largest absolute Gasteiger partial charge is 0.491 e. The molecule has 1 aliphatic heterocycles. The van der Waals surface area contributed by atoms with E-state index in [9.17, 15) is 0 Å². The first kappa shape index (κ1) is 24.4. The molecule has 2 rings (SSSR count). The van der Waals surface area contributed by atoms with Gasteiger partial charge in [-0.3, -0.25) is 0 Å². The number of hydrogen-bond donors (Lipinski definition) is 2. The third-order valence-electron chi connectivity index (χ3n) is 5.20. The van der Waals surface area contributed by atoms with Crippen LogP contribution < -0.4 is 15.4 Å². The van der Waals surface area contributed by atoms with Gasteiger partial charge in [-0.2, -0.15) is 0 Å². The Balaban J connectivity index is 1.88. The quantitative estimate of drug-likeness (QED) is 0.325. The maximum absolute atomic E-state index is 5.95. The molecule has 7 heteroatoms. The van der Waals surface area contributed by atoms with Gasteiger partial charge in [0.25, 0.3) is 0 Å². The molecular weight excluding hydrogens is 378 g/mol. The molecule has 0 aromatic heterocycles. The average Bonchev–Trinajstić information content (AvgIpc) is 2.94. The summed E-state index contributed by atoms with van der Waals surface area (Å²) < 4.78 is 11.3. The van der Waals surface area contributed by atoms with E-state index in [0.717, 1.165) is 50.0 Å². The van der Waals surface area contributed by atoms with Crippen molar-refractivity contribution in [3.8, 4) is 5.75 Å². The lowest BCUT2D eigenvalue weighted by Crippen LogP contribution is -2.42. The standard InChI is InChI=1S/C23H41N5O2/c1-5-24-23(25-10-13-28-12-7-11-27(4)14-15-28)26-19-21-9-8-20(3)18-22(21)30-17-16-29-6-2/h8-9,18H,5-7,10-17,19H2,1-4H3,(H2,24,25,26). The van der Waals surface area contributed by atoms with Crippen LogP contribution >= 0.6 is 0 Å². The molecule has 7 nitrogen and oxygen atoms in total. The predicted octanol–water partition coefficient (Wildman–Crippen LogP) is 2.10. The van der Waals surface area contributed by atoms with Gasteiger partial charge >= 0.3 is 0 Å². The van der Waals surface area contributed by atoms with Gasteiger partial charge in [0, 0.05) is 44.9 Å². The van der Waals surface area contributed by atoms with E-state index < -0.39 is 0 Å². The van der Waals surface area contributed by atoms with E-state index in [4.69, 9.17) is 14.5 Å². The Labute approximate surface area is 182 Å². The molecule has 30 heavy (non-hydrogen) atoms. The van der Waals surface area contributed by atoms with Crippen LogP contribution in [-0.4, -0.2) is 88.4 Å². The van der Waals surface area contributed by atoms with Gasteiger partial charge in [-0.25, -0.2) is 4.99 Å². The zero-order chi connectivity index (χ0) is 21.6. The molecule has 1 aromatic carbocycles. The van der Waals surface area contributed by atoms with Gasteiger partial charge in [0.15, 0.2) is 5.96 Å². The molecule has 170 valence electrons. The van der Waals surface area contributed by atoms with Gasteiger partial charge in [0.1, 0.15) is 12.4 Å². The molecule has 1 saturated heterocycles. The second-order valence-corrected chi connectivity index (χ2v) is 7.78. The van der Waals surface area contributed by atoms with Gasteiger partial charge < -0.3 is 29.9 Å². The molecule has 0 bridgehead atoms. The van der Waals surface area contributed by atoms with Crippen LogP contribution in [0.5, 0.6) is 5.75 Å². The highest BCUT2D eigenvalue weighted by Crippen LogP contribution is 2.21. The molecule has 1 heterocycles. The molecule has 1 aliphatic rings. The number of ether oxygens (including phenoxy) is 2. The Bertz CT molecular complexity index is 638. The van der Waals surface area contributed by atoms with Crippen molar-refractivity contribution in [1.29, 1.82) is 0 Å². The van der Waals surface area contributed by atoms with Crippen LogP contribution in [0.3, 0.4) is 0 Å². The summed E-state index contributed by atoms with van der Waals surface area (Å²) in [6.45, 7) is 16.0. The van der Waals surface area contributed by atoms with Gasteiger partial charge in [0.2, 0.25) is 0 Å². The van der Waals surface area contributed by atoms with Gasteiger partial charge in [-0.1, -0.05) is 12.1 Å². The number of nitrogens with one attached hydrogen (secondary N) is 2. The molecule has 1 fully saturated rings. The summed E-state index contributed by atoms with van der Waals surface area (Å²) in [5.74, 6) is 1.74. The number of nitrogens with zero attached hydrogens (tertiary/aromatic N) is 3. The Morgan fingerprint density at radius 2 is 1.97 bits per heavy atom. The van der Waals surface area contributed by atoms with Gasteiger partial charge in [0.05, 0.1) is 13.2 Å². The van der Waals surface area contributed by atoms with Gasteiger partial charge in [-0.05, 0) is 59.0 Å². The molecule has 0 spiro atoms. The Morgan fingerprint density at radius 1 is 1.10 bits per heavy atom. The van der Waals surface area contributed by atoms with E-state index in [1.165, 1.54) is 25.1 Å². The van der Waals surface area contributed by atoms with Crippen LogP contribution in [0.4, 0.5) is 0 Å². The van der Waals surface area contributed by atoms with Crippen molar-refractivity contribution in [1.82, 2.24) is 20.4 Å². The second-order valence-electron chi connectivity index (χ2n) is 7.78. The fourth-order valence-electron chi connectivity index (χ4n) is 3.44. The van der Waals surface area contributed by atoms with E-state index in [-0.39, 0.29) is 0 Å². The molecule has 1 aromatic rings. The third-order valence-corrected chi connectivity index (χ3v) is 5.20. The lowest BCUT2D eigenvalue weighted by molar-refractivity contribution is 0.110. The smallest absolute Gasteiger partial charge is 0.191 e. The first-order valence-corrected chi connectivity index (χ1v) is 11.4. The van der Waals surface area contributed by atoms with E-state index >= 15 is 0 Å². The maximum Gasteiger partial charge on any atom is 0.191 e. The summed E-state index contributed by atoms with van der Waals surface area (Å²) in [7, 11) is 2.21. The summed E-state index contributed by atoms with van der Waals surface area (Å²) >= 11 is 0. The van der Waals surface area contributed by atoms with Crippen molar-refractivity contribution in [2.45, 2.75) is 33.7 Å². The minimum Gasteiger partial charge on any atom is -0.491 e. The zero-order valence-electron chi connectivity index (χ0n) is 19.4. The summed E-state index contributed by atoms with van der Waals surface area (Å²) in [5.41, 5.74) is 2.27. The van der Waals surface area contributed by atoms with E-state index in [1.54, 1.807) is 0 Å². The number of likely N-dealkylation sites (N-methyl/N-ethyl adjacent to an activating group) is 1. The molecule has 2 N–H and O–H groups in total. The SMILES string of the molecule is CCNC(=NCc1ccc(C)cc1OCCOCC)NCCN1CCCN(C)CC1. The summed E-state index contributed by atoms with van der Waals surface area (Å²) in [4.78, 5) is 9.73. The first-order chi connectivity index (χ1) is 14.6. The second kappa shape index (κ2) is 14.2. The Hall–Kier alpha value is -1.83. The highest BCUT2D eigenvalue weighted by molar-refractivity contribution is 5.79. The van der Waals surface area contributed by atoms with Crippen molar-refractivity contribution in [3.05, 3.63) is 29.3 Å². The van der Waals surface area contributed by atoms with Crippen LogP contribution in [0.25, 0.3) is 0 Å². The highest BCUT2D eigenvalue weighted by Gasteiger charge is 2.11. The van der Waals surface area contributed by atoms with Crippen LogP contribution in [0.1, 0.15) is 31.4 Å². The topological polar surface area (TPSA) is 61.4 Å². The van der Waals surface area contributed by atoms with E-state index in [2.05, 4.69) is 59.5 Å². The van der Waals surface area contributed by atoms with Crippen molar-refractivity contribution >= 4 is 5.96 Å². The molecule has 0 amide bonds. The monoisotopic (exact) mass is 419 g/mol. The predicted molar refractivity (Wildman–Crippen MR) is 125 cm³/mol. The highest BCUT2D eigenvalue weighted by atomic mass is 16.5. The fraction of sp³-hybridized carbons (Fsp3) is 0.696. The average molecular weight is 420 g/mol. The normalized spacial score (nSPS) is 16.3. The van der Waals surface area contributed by atoms with Crippen molar-refractivity contribution in [3.63, 3.8) is 0 Å².